The highest BCUT2D eigenvalue weighted by atomic mass is 16.5. The lowest BCUT2D eigenvalue weighted by Crippen LogP contribution is -2.15. The Labute approximate surface area is 112 Å². The predicted octanol–water partition coefficient (Wildman–Crippen LogP) is 0.123. The van der Waals surface area contributed by atoms with Crippen molar-refractivity contribution in [2.45, 2.75) is 13.8 Å². The molecule has 0 fully saturated rings. The summed E-state index contributed by atoms with van der Waals surface area (Å²) in [7, 11) is 0. The van der Waals surface area contributed by atoms with E-state index >= 15 is 0 Å². The Kier molecular flexibility index (Phi) is 7.52. The van der Waals surface area contributed by atoms with Crippen molar-refractivity contribution in [3.05, 3.63) is 0 Å². The van der Waals surface area contributed by atoms with Gasteiger partial charge in [0.1, 0.15) is 0 Å². The molecule has 1 aromatic rings. The standard InChI is InChI=1S/C11H21N5O3/c1-3-12-9-14-10(13-5-7-18-8-6-17)16-11(15-9)19-4-2/h17H,3-8H2,1-2H3,(H2,12,13,14,15,16). The van der Waals surface area contributed by atoms with Crippen LogP contribution in [0.2, 0.25) is 0 Å². The van der Waals surface area contributed by atoms with E-state index in [0.717, 1.165) is 0 Å². The number of ether oxygens (including phenoxy) is 2. The van der Waals surface area contributed by atoms with Gasteiger partial charge in [0, 0.05) is 13.1 Å². The van der Waals surface area contributed by atoms with Crippen LogP contribution in [0, 0.1) is 0 Å². The summed E-state index contributed by atoms with van der Waals surface area (Å²) in [6.07, 6.45) is 0. The summed E-state index contributed by atoms with van der Waals surface area (Å²) in [4.78, 5) is 12.4. The molecule has 0 aliphatic heterocycles. The normalized spacial score (nSPS) is 10.3. The second kappa shape index (κ2) is 9.29. The lowest BCUT2D eigenvalue weighted by Gasteiger charge is -2.09. The van der Waals surface area contributed by atoms with Crippen molar-refractivity contribution in [2.75, 3.05) is 50.2 Å². The Balaban J connectivity index is 2.54. The van der Waals surface area contributed by atoms with Gasteiger partial charge in [0.05, 0.1) is 26.4 Å². The van der Waals surface area contributed by atoms with Gasteiger partial charge in [-0.25, -0.2) is 0 Å². The molecule has 0 unspecified atom stereocenters. The van der Waals surface area contributed by atoms with Gasteiger partial charge in [0.15, 0.2) is 0 Å². The molecule has 19 heavy (non-hydrogen) atoms. The van der Waals surface area contributed by atoms with Crippen LogP contribution in [0.5, 0.6) is 6.01 Å². The number of hydrogen-bond acceptors (Lipinski definition) is 8. The molecule has 108 valence electrons. The highest BCUT2D eigenvalue weighted by Crippen LogP contribution is 2.10. The summed E-state index contributed by atoms with van der Waals surface area (Å²) in [6.45, 7) is 6.39. The highest BCUT2D eigenvalue weighted by Gasteiger charge is 2.06. The molecule has 0 aliphatic carbocycles. The molecule has 1 rings (SSSR count). The first-order chi connectivity index (χ1) is 9.30. The number of nitrogens with one attached hydrogen (secondary N) is 2. The van der Waals surface area contributed by atoms with Crippen molar-refractivity contribution in [1.29, 1.82) is 0 Å². The molecule has 0 saturated heterocycles. The molecular formula is C11H21N5O3. The second-order valence-corrected chi connectivity index (χ2v) is 3.49. The van der Waals surface area contributed by atoms with Crippen LogP contribution >= 0.6 is 0 Å². The highest BCUT2D eigenvalue weighted by molar-refractivity contribution is 5.35. The Bertz CT molecular complexity index is 340. The largest absolute Gasteiger partial charge is 0.464 e. The topological polar surface area (TPSA) is 101 Å². The van der Waals surface area contributed by atoms with E-state index in [1.165, 1.54) is 0 Å². The van der Waals surface area contributed by atoms with Crippen molar-refractivity contribution < 1.29 is 14.6 Å². The van der Waals surface area contributed by atoms with Crippen LogP contribution in [0.25, 0.3) is 0 Å². The minimum Gasteiger partial charge on any atom is -0.464 e. The Morgan fingerprint density at radius 2 is 1.79 bits per heavy atom. The summed E-state index contributed by atoms with van der Waals surface area (Å²) in [6, 6.07) is 0.284. The number of aliphatic hydroxyl groups is 1. The summed E-state index contributed by atoms with van der Waals surface area (Å²) < 4.78 is 10.4. The number of aliphatic hydroxyl groups excluding tert-OH is 1. The van der Waals surface area contributed by atoms with E-state index in [0.29, 0.717) is 44.8 Å². The number of hydrogen-bond donors (Lipinski definition) is 3. The summed E-state index contributed by atoms with van der Waals surface area (Å²) >= 11 is 0. The van der Waals surface area contributed by atoms with Crippen molar-refractivity contribution >= 4 is 11.9 Å². The van der Waals surface area contributed by atoms with Crippen LogP contribution in [0.4, 0.5) is 11.9 Å². The Morgan fingerprint density at radius 1 is 1.05 bits per heavy atom. The van der Waals surface area contributed by atoms with E-state index in [1.54, 1.807) is 0 Å². The monoisotopic (exact) mass is 271 g/mol. The molecule has 3 N–H and O–H groups in total. The third-order valence-corrected chi connectivity index (χ3v) is 1.99. The number of nitrogens with zero attached hydrogens (tertiary/aromatic N) is 3. The Hall–Kier alpha value is -1.67. The maximum Gasteiger partial charge on any atom is 0.323 e. The second-order valence-electron chi connectivity index (χ2n) is 3.49. The molecule has 8 heteroatoms. The first-order valence-corrected chi connectivity index (χ1v) is 6.35. The van der Waals surface area contributed by atoms with Gasteiger partial charge in [-0.05, 0) is 13.8 Å². The van der Waals surface area contributed by atoms with E-state index in [-0.39, 0.29) is 12.6 Å². The minimum atomic E-state index is 0.0187. The maximum absolute atomic E-state index is 8.57. The van der Waals surface area contributed by atoms with E-state index in [9.17, 15) is 0 Å². The van der Waals surface area contributed by atoms with Gasteiger partial charge in [0.2, 0.25) is 11.9 Å². The predicted molar refractivity (Wildman–Crippen MR) is 71.6 cm³/mol. The molecule has 0 atom stereocenters. The van der Waals surface area contributed by atoms with Crippen LogP contribution < -0.4 is 15.4 Å². The average molecular weight is 271 g/mol. The van der Waals surface area contributed by atoms with E-state index in [1.807, 2.05) is 13.8 Å². The third kappa shape index (κ3) is 6.16. The number of aromatic nitrogens is 3. The average Bonchev–Trinajstić information content (AvgIpc) is 2.39. The molecule has 0 amide bonds. The van der Waals surface area contributed by atoms with Gasteiger partial charge in [-0.15, -0.1) is 0 Å². The lowest BCUT2D eigenvalue weighted by molar-refractivity contribution is 0.0991. The minimum absolute atomic E-state index is 0.0187. The van der Waals surface area contributed by atoms with E-state index in [2.05, 4.69) is 25.6 Å². The summed E-state index contributed by atoms with van der Waals surface area (Å²) in [5, 5.41) is 14.6. The number of anilines is 2. The van der Waals surface area contributed by atoms with Gasteiger partial charge in [-0.1, -0.05) is 0 Å². The molecule has 1 aromatic heterocycles. The van der Waals surface area contributed by atoms with Gasteiger partial charge in [-0.2, -0.15) is 15.0 Å². The fourth-order valence-corrected chi connectivity index (χ4v) is 1.27. The van der Waals surface area contributed by atoms with Crippen LogP contribution in [-0.4, -0.2) is 59.6 Å². The summed E-state index contributed by atoms with van der Waals surface area (Å²) in [5.74, 6) is 0.904. The first kappa shape index (κ1) is 15.4. The quantitative estimate of drug-likeness (QED) is 0.516. The van der Waals surface area contributed by atoms with Gasteiger partial charge < -0.3 is 25.2 Å². The van der Waals surface area contributed by atoms with Gasteiger partial charge in [-0.3, -0.25) is 0 Å². The van der Waals surface area contributed by atoms with Crippen molar-refractivity contribution in [3.8, 4) is 6.01 Å². The van der Waals surface area contributed by atoms with E-state index < -0.39 is 0 Å². The third-order valence-electron chi connectivity index (χ3n) is 1.99. The lowest BCUT2D eigenvalue weighted by atomic mass is 10.6. The first-order valence-electron chi connectivity index (χ1n) is 6.35. The summed E-state index contributed by atoms with van der Waals surface area (Å²) in [5.41, 5.74) is 0. The molecule has 0 radical (unpaired) electrons. The molecule has 0 bridgehead atoms. The zero-order valence-corrected chi connectivity index (χ0v) is 11.3. The molecule has 1 heterocycles. The van der Waals surface area contributed by atoms with Crippen LogP contribution in [0.15, 0.2) is 0 Å². The molecule has 0 aromatic carbocycles. The molecule has 0 spiro atoms. The van der Waals surface area contributed by atoms with Crippen LogP contribution in [0.1, 0.15) is 13.8 Å². The zero-order chi connectivity index (χ0) is 13.9. The molecule has 0 saturated carbocycles. The Morgan fingerprint density at radius 3 is 2.42 bits per heavy atom. The van der Waals surface area contributed by atoms with Crippen LogP contribution in [-0.2, 0) is 4.74 Å². The smallest absolute Gasteiger partial charge is 0.323 e. The molecular weight excluding hydrogens is 250 g/mol. The molecule has 8 nitrogen and oxygen atoms in total. The van der Waals surface area contributed by atoms with Crippen molar-refractivity contribution in [1.82, 2.24) is 15.0 Å². The van der Waals surface area contributed by atoms with Gasteiger partial charge in [0.25, 0.3) is 0 Å². The fraction of sp³-hybridized carbons (Fsp3) is 0.727. The zero-order valence-electron chi connectivity index (χ0n) is 11.3. The fourth-order valence-electron chi connectivity index (χ4n) is 1.27. The van der Waals surface area contributed by atoms with Crippen molar-refractivity contribution in [3.63, 3.8) is 0 Å². The van der Waals surface area contributed by atoms with Gasteiger partial charge >= 0.3 is 6.01 Å². The molecule has 0 aliphatic rings. The van der Waals surface area contributed by atoms with Crippen molar-refractivity contribution in [2.24, 2.45) is 0 Å². The van der Waals surface area contributed by atoms with Crippen LogP contribution in [0.3, 0.4) is 0 Å². The maximum atomic E-state index is 8.57. The van der Waals surface area contributed by atoms with E-state index in [4.69, 9.17) is 14.6 Å². The SMILES string of the molecule is CCNc1nc(NCCOCCO)nc(OCC)n1. The number of rotatable bonds is 10.